The van der Waals surface area contributed by atoms with Gasteiger partial charge in [0.05, 0.1) is 22.9 Å². The number of pyridine rings is 1. The Morgan fingerprint density at radius 2 is 2.24 bits per heavy atom. The zero-order valence-electron chi connectivity index (χ0n) is 12.4. The molecule has 2 N–H and O–H groups in total. The van der Waals surface area contributed by atoms with Crippen LogP contribution in [0.3, 0.4) is 0 Å². The molecule has 3 heterocycles. The first-order chi connectivity index (χ1) is 12.1. The molecule has 1 aromatic carbocycles. The number of nitriles is 1. The summed E-state index contributed by atoms with van der Waals surface area (Å²) in [6.45, 7) is 0. The first-order valence-corrected chi connectivity index (χ1v) is 7.45. The van der Waals surface area contributed by atoms with E-state index >= 15 is 0 Å². The second kappa shape index (κ2) is 5.58. The second-order valence-electron chi connectivity index (χ2n) is 5.22. The molecule has 25 heavy (non-hydrogen) atoms. The smallest absolute Gasteiger partial charge is 0.212 e. The van der Waals surface area contributed by atoms with Crippen LogP contribution in [0.2, 0.25) is 5.02 Å². The fourth-order valence-electron chi connectivity index (χ4n) is 2.77. The highest BCUT2D eigenvalue weighted by Crippen LogP contribution is 2.38. The van der Waals surface area contributed by atoms with Gasteiger partial charge in [-0.05, 0) is 12.1 Å². The number of rotatable bonds is 3. The SMILES string of the molecule is N#Cc1c(F)c(Cl)c(-c2ccc3nc(NC=O)cn3c2)c2cn[nH]c12. The minimum absolute atomic E-state index is 0.156. The molecule has 0 aliphatic carbocycles. The molecule has 122 valence electrons. The molecule has 0 bridgehead atoms. The van der Waals surface area contributed by atoms with E-state index in [4.69, 9.17) is 11.6 Å². The number of aromatic nitrogens is 4. The van der Waals surface area contributed by atoms with E-state index in [9.17, 15) is 14.4 Å². The van der Waals surface area contributed by atoms with Crippen LogP contribution in [0, 0.1) is 17.1 Å². The second-order valence-corrected chi connectivity index (χ2v) is 5.60. The van der Waals surface area contributed by atoms with Gasteiger partial charge in [-0.15, -0.1) is 0 Å². The van der Waals surface area contributed by atoms with E-state index in [0.717, 1.165) is 0 Å². The standard InChI is InChI=1S/C16H8ClFN6O/c17-14-13(10-4-21-23-16(10)9(3-19)15(14)18)8-1-2-12-22-11(20-7-25)6-24(12)5-8/h1-2,4-7H,(H,20,25)(H,21,23). The Morgan fingerprint density at radius 3 is 3.00 bits per heavy atom. The van der Waals surface area contributed by atoms with Gasteiger partial charge < -0.3 is 9.72 Å². The summed E-state index contributed by atoms with van der Waals surface area (Å²) in [5.74, 6) is -0.414. The van der Waals surface area contributed by atoms with E-state index in [-0.39, 0.29) is 16.1 Å². The first kappa shape index (κ1) is 15.1. The number of hydrogen-bond acceptors (Lipinski definition) is 4. The van der Waals surface area contributed by atoms with Crippen molar-refractivity contribution in [3.05, 3.63) is 47.1 Å². The van der Waals surface area contributed by atoms with Gasteiger partial charge in [-0.2, -0.15) is 10.4 Å². The predicted molar refractivity (Wildman–Crippen MR) is 89.6 cm³/mol. The lowest BCUT2D eigenvalue weighted by Crippen LogP contribution is -1.94. The molecule has 0 spiro atoms. The van der Waals surface area contributed by atoms with Crippen molar-refractivity contribution in [1.82, 2.24) is 19.6 Å². The molecule has 9 heteroatoms. The van der Waals surface area contributed by atoms with Gasteiger partial charge in [0.1, 0.15) is 17.3 Å². The molecule has 4 rings (SSSR count). The van der Waals surface area contributed by atoms with Crippen molar-refractivity contribution in [1.29, 1.82) is 5.26 Å². The zero-order chi connectivity index (χ0) is 17.6. The maximum atomic E-state index is 14.5. The quantitative estimate of drug-likeness (QED) is 0.552. The molecule has 7 nitrogen and oxygen atoms in total. The topological polar surface area (TPSA) is 98.9 Å². The van der Waals surface area contributed by atoms with Crippen LogP contribution in [0.1, 0.15) is 5.56 Å². The number of nitrogens with zero attached hydrogens (tertiary/aromatic N) is 4. The van der Waals surface area contributed by atoms with Crippen LogP contribution in [0.15, 0.2) is 30.7 Å². The van der Waals surface area contributed by atoms with Gasteiger partial charge >= 0.3 is 0 Å². The van der Waals surface area contributed by atoms with Crippen molar-refractivity contribution in [3.8, 4) is 17.2 Å². The van der Waals surface area contributed by atoms with Gasteiger partial charge in [-0.3, -0.25) is 9.89 Å². The highest BCUT2D eigenvalue weighted by molar-refractivity contribution is 6.35. The summed E-state index contributed by atoms with van der Waals surface area (Å²) in [6, 6.07) is 5.24. The average Bonchev–Trinajstić information content (AvgIpc) is 3.22. The zero-order valence-corrected chi connectivity index (χ0v) is 13.2. The Labute approximate surface area is 144 Å². The summed E-state index contributed by atoms with van der Waals surface area (Å²) >= 11 is 6.20. The van der Waals surface area contributed by atoms with E-state index in [1.54, 1.807) is 35.0 Å². The molecule has 0 unspecified atom stereocenters. The highest BCUT2D eigenvalue weighted by Gasteiger charge is 2.21. The number of aromatic amines is 1. The normalized spacial score (nSPS) is 10.9. The number of nitrogens with one attached hydrogen (secondary N) is 2. The van der Waals surface area contributed by atoms with Crippen molar-refractivity contribution in [2.24, 2.45) is 0 Å². The van der Waals surface area contributed by atoms with Gasteiger partial charge in [0.25, 0.3) is 0 Å². The van der Waals surface area contributed by atoms with Gasteiger partial charge in [0, 0.05) is 22.7 Å². The molecule has 0 saturated heterocycles. The molecule has 4 aromatic rings. The van der Waals surface area contributed by atoms with Gasteiger partial charge in [-0.1, -0.05) is 11.6 Å². The summed E-state index contributed by atoms with van der Waals surface area (Å²) < 4.78 is 16.2. The van der Waals surface area contributed by atoms with Crippen molar-refractivity contribution >= 4 is 40.4 Å². The van der Waals surface area contributed by atoms with Gasteiger partial charge in [0.15, 0.2) is 11.6 Å². The van der Waals surface area contributed by atoms with Crippen molar-refractivity contribution in [2.75, 3.05) is 5.32 Å². The van der Waals surface area contributed by atoms with Crippen LogP contribution < -0.4 is 5.32 Å². The van der Waals surface area contributed by atoms with E-state index < -0.39 is 5.82 Å². The summed E-state index contributed by atoms with van der Waals surface area (Å²) in [5, 5.41) is 18.6. The molecule has 1 amide bonds. The fourth-order valence-corrected chi connectivity index (χ4v) is 3.08. The minimum Gasteiger partial charge on any atom is -0.312 e. The molecule has 0 atom stereocenters. The van der Waals surface area contributed by atoms with Crippen LogP contribution in [-0.2, 0) is 4.79 Å². The highest BCUT2D eigenvalue weighted by atomic mass is 35.5. The molecule has 0 aliphatic rings. The number of halogens is 2. The first-order valence-electron chi connectivity index (χ1n) is 7.07. The molecule has 0 radical (unpaired) electrons. The molecule has 0 fully saturated rings. The fraction of sp³-hybridized carbons (Fsp3) is 0. The predicted octanol–water partition coefficient (Wildman–Crippen LogP) is 3.11. The lowest BCUT2D eigenvalue weighted by molar-refractivity contribution is -0.105. The Kier molecular flexibility index (Phi) is 3.37. The number of anilines is 1. The lowest BCUT2D eigenvalue weighted by atomic mass is 10.00. The van der Waals surface area contributed by atoms with Crippen molar-refractivity contribution in [2.45, 2.75) is 0 Å². The third-order valence-electron chi connectivity index (χ3n) is 3.85. The number of imidazole rings is 1. The Morgan fingerprint density at radius 1 is 1.40 bits per heavy atom. The Hall–Kier alpha value is -3.44. The minimum atomic E-state index is -0.801. The summed E-state index contributed by atoms with van der Waals surface area (Å²) in [4.78, 5) is 14.8. The van der Waals surface area contributed by atoms with Crippen LogP contribution in [0.25, 0.3) is 27.7 Å². The monoisotopic (exact) mass is 354 g/mol. The summed E-state index contributed by atoms with van der Waals surface area (Å²) in [6.07, 6.45) is 5.35. The van der Waals surface area contributed by atoms with Crippen LogP contribution in [-0.4, -0.2) is 26.0 Å². The molecular weight excluding hydrogens is 347 g/mol. The third kappa shape index (κ3) is 2.21. The summed E-state index contributed by atoms with van der Waals surface area (Å²) in [5.41, 5.74) is 1.74. The number of benzene rings is 1. The van der Waals surface area contributed by atoms with E-state index in [2.05, 4.69) is 20.5 Å². The van der Waals surface area contributed by atoms with Gasteiger partial charge in [0.2, 0.25) is 6.41 Å². The van der Waals surface area contributed by atoms with E-state index in [1.165, 1.54) is 6.20 Å². The van der Waals surface area contributed by atoms with E-state index in [1.807, 2.05) is 0 Å². The van der Waals surface area contributed by atoms with Crippen LogP contribution in [0.4, 0.5) is 10.2 Å². The van der Waals surface area contributed by atoms with Crippen molar-refractivity contribution < 1.29 is 9.18 Å². The maximum absolute atomic E-state index is 14.5. The largest absolute Gasteiger partial charge is 0.312 e. The van der Waals surface area contributed by atoms with Crippen LogP contribution >= 0.6 is 11.6 Å². The number of carbonyl (C=O) groups is 1. The Balaban J connectivity index is 2.00. The summed E-state index contributed by atoms with van der Waals surface area (Å²) in [7, 11) is 0. The maximum Gasteiger partial charge on any atom is 0.212 e. The van der Waals surface area contributed by atoms with Gasteiger partial charge in [-0.25, -0.2) is 9.37 Å². The Bertz CT molecular complexity index is 1190. The number of amides is 1. The molecule has 3 aromatic heterocycles. The van der Waals surface area contributed by atoms with E-state index in [0.29, 0.717) is 34.4 Å². The number of fused-ring (bicyclic) bond motifs is 2. The lowest BCUT2D eigenvalue weighted by Gasteiger charge is -2.09. The molecular formula is C16H8ClFN6O. The number of carbonyl (C=O) groups excluding carboxylic acids is 1. The third-order valence-corrected chi connectivity index (χ3v) is 4.20. The van der Waals surface area contributed by atoms with Crippen LogP contribution in [0.5, 0.6) is 0 Å². The molecule has 0 aliphatic heterocycles. The number of hydrogen-bond donors (Lipinski definition) is 2. The number of H-pyrrole nitrogens is 1. The molecule has 0 saturated carbocycles. The van der Waals surface area contributed by atoms with Crippen molar-refractivity contribution in [3.63, 3.8) is 0 Å². The average molecular weight is 355 g/mol.